The van der Waals surface area contributed by atoms with E-state index in [1.807, 2.05) is 30.3 Å². The first-order chi connectivity index (χ1) is 14.3. The molecule has 1 aliphatic rings. The van der Waals surface area contributed by atoms with Crippen LogP contribution in [0.1, 0.15) is 41.7 Å². The molecule has 1 saturated heterocycles. The van der Waals surface area contributed by atoms with E-state index in [0.717, 1.165) is 30.0 Å². The van der Waals surface area contributed by atoms with Crippen molar-refractivity contribution in [2.24, 2.45) is 0 Å². The molecule has 0 atom stereocenters. The Morgan fingerprint density at radius 3 is 2.57 bits per heavy atom. The van der Waals surface area contributed by atoms with Crippen molar-refractivity contribution in [3.63, 3.8) is 0 Å². The molecule has 3 rings (SSSR count). The SMILES string of the molecule is CC(C)(C)OC(=O)Nc1nc(CN2CCOCC2)c(C(=O)NCc2ccccc2)s1. The molecule has 1 fully saturated rings. The van der Waals surface area contributed by atoms with Crippen molar-refractivity contribution in [1.29, 1.82) is 0 Å². The normalized spacial score (nSPS) is 14.9. The van der Waals surface area contributed by atoms with Crippen molar-refractivity contribution in [2.45, 2.75) is 39.5 Å². The summed E-state index contributed by atoms with van der Waals surface area (Å²) in [7, 11) is 0. The van der Waals surface area contributed by atoms with Crippen molar-refractivity contribution >= 4 is 28.5 Å². The Morgan fingerprint density at radius 1 is 1.20 bits per heavy atom. The van der Waals surface area contributed by atoms with Crippen LogP contribution in [0, 0.1) is 0 Å². The van der Waals surface area contributed by atoms with Crippen LogP contribution in [0.5, 0.6) is 0 Å². The van der Waals surface area contributed by atoms with E-state index in [4.69, 9.17) is 9.47 Å². The number of rotatable bonds is 6. The Kier molecular flexibility index (Phi) is 7.41. The highest BCUT2D eigenvalue weighted by atomic mass is 32.1. The molecule has 0 bridgehead atoms. The zero-order valence-electron chi connectivity index (χ0n) is 17.6. The van der Waals surface area contributed by atoms with E-state index in [9.17, 15) is 9.59 Å². The zero-order valence-corrected chi connectivity index (χ0v) is 18.4. The molecular formula is C21H28N4O4S. The topological polar surface area (TPSA) is 92.8 Å². The molecule has 2 N–H and O–H groups in total. The maximum Gasteiger partial charge on any atom is 0.413 e. The molecule has 2 heterocycles. The molecule has 0 unspecified atom stereocenters. The highest BCUT2D eigenvalue weighted by Gasteiger charge is 2.23. The highest BCUT2D eigenvalue weighted by Crippen LogP contribution is 2.25. The summed E-state index contributed by atoms with van der Waals surface area (Å²) in [6.45, 7) is 9.18. The molecule has 0 saturated carbocycles. The third-order valence-electron chi connectivity index (χ3n) is 4.28. The molecule has 0 spiro atoms. The summed E-state index contributed by atoms with van der Waals surface area (Å²) in [5.74, 6) is -0.211. The Balaban J connectivity index is 1.73. The monoisotopic (exact) mass is 432 g/mol. The number of carbonyl (C=O) groups is 2. The average Bonchev–Trinajstić information content (AvgIpc) is 3.08. The predicted octanol–water partition coefficient (Wildman–Crippen LogP) is 3.25. The van der Waals surface area contributed by atoms with E-state index in [0.29, 0.717) is 42.0 Å². The standard InChI is InChI=1S/C21H28N4O4S/c1-21(2,3)29-20(27)24-19-23-16(14-25-9-11-28-12-10-25)17(30-19)18(26)22-13-15-7-5-4-6-8-15/h4-8H,9-14H2,1-3H3,(H,22,26)(H,23,24,27). The minimum atomic E-state index is -0.617. The van der Waals surface area contributed by atoms with Gasteiger partial charge >= 0.3 is 6.09 Å². The van der Waals surface area contributed by atoms with Crippen LogP contribution in [0.15, 0.2) is 30.3 Å². The lowest BCUT2D eigenvalue weighted by atomic mass is 10.2. The van der Waals surface area contributed by atoms with Crippen molar-refractivity contribution in [2.75, 3.05) is 31.6 Å². The first kappa shape index (κ1) is 22.2. The summed E-state index contributed by atoms with van der Waals surface area (Å²) in [5.41, 5.74) is 1.03. The molecule has 1 aromatic heterocycles. The molecule has 2 amide bonds. The van der Waals surface area contributed by atoms with Gasteiger partial charge in [-0.15, -0.1) is 0 Å². The number of amides is 2. The summed E-state index contributed by atoms with van der Waals surface area (Å²) < 4.78 is 10.7. The summed E-state index contributed by atoms with van der Waals surface area (Å²) >= 11 is 1.15. The van der Waals surface area contributed by atoms with Gasteiger partial charge in [0.2, 0.25) is 0 Å². The van der Waals surface area contributed by atoms with Crippen LogP contribution >= 0.6 is 11.3 Å². The maximum absolute atomic E-state index is 12.9. The molecule has 9 heteroatoms. The van der Waals surface area contributed by atoms with Gasteiger partial charge in [-0.25, -0.2) is 9.78 Å². The number of thiazole rings is 1. The van der Waals surface area contributed by atoms with Crippen LogP contribution in [0.25, 0.3) is 0 Å². The van der Waals surface area contributed by atoms with Crippen molar-refractivity contribution in [1.82, 2.24) is 15.2 Å². The first-order valence-electron chi connectivity index (χ1n) is 9.92. The zero-order chi connectivity index (χ0) is 21.6. The number of morpholine rings is 1. The third-order valence-corrected chi connectivity index (χ3v) is 5.30. The van der Waals surface area contributed by atoms with Gasteiger partial charge in [-0.1, -0.05) is 41.7 Å². The Labute approximate surface area is 180 Å². The molecule has 8 nitrogen and oxygen atoms in total. The number of ether oxygens (including phenoxy) is 2. The van der Waals surface area contributed by atoms with Gasteiger partial charge in [0.15, 0.2) is 5.13 Å². The number of nitrogens with one attached hydrogen (secondary N) is 2. The molecule has 1 aliphatic heterocycles. The quantitative estimate of drug-likeness (QED) is 0.728. The number of hydrogen-bond donors (Lipinski definition) is 2. The first-order valence-corrected chi connectivity index (χ1v) is 10.7. The summed E-state index contributed by atoms with van der Waals surface area (Å²) in [6, 6.07) is 9.71. The predicted molar refractivity (Wildman–Crippen MR) is 116 cm³/mol. The Morgan fingerprint density at radius 2 is 1.90 bits per heavy atom. The van der Waals surface area contributed by atoms with Crippen molar-refractivity contribution in [3.05, 3.63) is 46.5 Å². The van der Waals surface area contributed by atoms with Gasteiger partial charge in [0.05, 0.1) is 18.9 Å². The minimum absolute atomic E-state index is 0.211. The molecule has 30 heavy (non-hydrogen) atoms. The number of hydrogen-bond acceptors (Lipinski definition) is 7. The fraction of sp³-hybridized carbons (Fsp3) is 0.476. The molecule has 162 valence electrons. The Bertz CT molecular complexity index is 858. The second-order valence-corrected chi connectivity index (χ2v) is 8.98. The summed E-state index contributed by atoms with van der Waals surface area (Å²) in [6.07, 6.45) is -0.592. The highest BCUT2D eigenvalue weighted by molar-refractivity contribution is 7.17. The number of carbonyl (C=O) groups excluding carboxylic acids is 2. The third kappa shape index (κ3) is 6.79. The van der Waals surface area contributed by atoms with E-state index in [-0.39, 0.29) is 5.91 Å². The van der Waals surface area contributed by atoms with E-state index in [2.05, 4.69) is 20.5 Å². The van der Waals surface area contributed by atoms with Crippen LogP contribution in [0.4, 0.5) is 9.93 Å². The van der Waals surface area contributed by atoms with Crippen LogP contribution in [0.2, 0.25) is 0 Å². The van der Waals surface area contributed by atoms with Gasteiger partial charge in [0.25, 0.3) is 5.91 Å². The van der Waals surface area contributed by atoms with Crippen molar-refractivity contribution < 1.29 is 19.1 Å². The van der Waals surface area contributed by atoms with Crippen LogP contribution in [-0.2, 0) is 22.6 Å². The lowest BCUT2D eigenvalue weighted by molar-refractivity contribution is 0.0336. The molecule has 2 aromatic rings. The lowest BCUT2D eigenvalue weighted by Gasteiger charge is -2.26. The van der Waals surface area contributed by atoms with E-state index >= 15 is 0 Å². The molecule has 0 aliphatic carbocycles. The average molecular weight is 433 g/mol. The van der Waals surface area contributed by atoms with Gasteiger partial charge in [-0.3, -0.25) is 15.0 Å². The summed E-state index contributed by atoms with van der Waals surface area (Å²) in [4.78, 5) is 32.2. The van der Waals surface area contributed by atoms with E-state index in [1.165, 1.54) is 0 Å². The maximum atomic E-state index is 12.9. The van der Waals surface area contributed by atoms with Gasteiger partial charge in [-0.05, 0) is 26.3 Å². The Hall–Kier alpha value is -2.49. The van der Waals surface area contributed by atoms with Crippen LogP contribution < -0.4 is 10.6 Å². The number of aromatic nitrogens is 1. The molecular weight excluding hydrogens is 404 g/mol. The van der Waals surface area contributed by atoms with Gasteiger partial charge < -0.3 is 14.8 Å². The fourth-order valence-electron chi connectivity index (χ4n) is 2.91. The number of anilines is 1. The van der Waals surface area contributed by atoms with Gasteiger partial charge in [0, 0.05) is 26.2 Å². The lowest BCUT2D eigenvalue weighted by Crippen LogP contribution is -2.36. The van der Waals surface area contributed by atoms with E-state index < -0.39 is 11.7 Å². The number of nitrogens with zero attached hydrogens (tertiary/aromatic N) is 2. The number of benzene rings is 1. The van der Waals surface area contributed by atoms with E-state index in [1.54, 1.807) is 20.8 Å². The second kappa shape index (κ2) is 10.0. The fourth-order valence-corrected chi connectivity index (χ4v) is 3.79. The molecule has 1 aromatic carbocycles. The van der Waals surface area contributed by atoms with Gasteiger partial charge in [0.1, 0.15) is 10.5 Å². The minimum Gasteiger partial charge on any atom is -0.444 e. The van der Waals surface area contributed by atoms with Crippen molar-refractivity contribution in [3.8, 4) is 0 Å². The van der Waals surface area contributed by atoms with Crippen LogP contribution in [0.3, 0.4) is 0 Å². The largest absolute Gasteiger partial charge is 0.444 e. The summed E-state index contributed by atoms with van der Waals surface area (Å²) in [5, 5.41) is 5.94. The van der Waals surface area contributed by atoms with Crippen LogP contribution in [-0.4, -0.2) is 53.8 Å². The van der Waals surface area contributed by atoms with Gasteiger partial charge in [-0.2, -0.15) is 0 Å². The smallest absolute Gasteiger partial charge is 0.413 e. The molecule has 0 radical (unpaired) electrons. The second-order valence-electron chi connectivity index (χ2n) is 7.98.